The molecule has 0 amide bonds. The number of halogens is 1. The van der Waals surface area contributed by atoms with Crippen molar-refractivity contribution in [3.8, 4) is 0 Å². The molecule has 0 aliphatic carbocycles. The zero-order valence-corrected chi connectivity index (χ0v) is 7.02. The summed E-state index contributed by atoms with van der Waals surface area (Å²) < 4.78 is 17.1. The standard InChI is InChI=1S/C6H13FOSi/c7-5-9-6-3-1-2-4-8-6/h6H,1-5,9H2. The molecule has 1 nitrogen and oxygen atoms in total. The van der Waals surface area contributed by atoms with Gasteiger partial charge in [0.25, 0.3) is 0 Å². The fourth-order valence-corrected chi connectivity index (χ4v) is 2.31. The van der Waals surface area contributed by atoms with Crippen LogP contribution >= 0.6 is 0 Å². The van der Waals surface area contributed by atoms with Gasteiger partial charge in [0, 0.05) is 12.3 Å². The third-order valence-corrected chi connectivity index (χ3v) is 3.21. The van der Waals surface area contributed by atoms with Crippen LogP contribution in [0.15, 0.2) is 0 Å². The van der Waals surface area contributed by atoms with Crippen LogP contribution in [0.25, 0.3) is 0 Å². The van der Waals surface area contributed by atoms with E-state index in [0.717, 1.165) is 13.0 Å². The highest BCUT2D eigenvalue weighted by Gasteiger charge is 2.12. The lowest BCUT2D eigenvalue weighted by atomic mass is 10.2. The van der Waals surface area contributed by atoms with Crippen LogP contribution in [0.3, 0.4) is 0 Å². The average Bonchev–Trinajstić information content (AvgIpc) is 1.91. The molecule has 0 saturated carbocycles. The van der Waals surface area contributed by atoms with E-state index < -0.39 is 9.52 Å². The molecule has 1 fully saturated rings. The molecule has 1 aliphatic heterocycles. The van der Waals surface area contributed by atoms with E-state index in [1.54, 1.807) is 0 Å². The maximum Gasteiger partial charge on any atom is 0.0927 e. The molecule has 1 unspecified atom stereocenters. The van der Waals surface area contributed by atoms with Gasteiger partial charge in [-0.3, -0.25) is 4.39 Å². The molecule has 1 atom stereocenters. The number of hydrogen-bond acceptors (Lipinski definition) is 1. The van der Waals surface area contributed by atoms with Crippen molar-refractivity contribution in [1.29, 1.82) is 0 Å². The number of hydrogen-bond donors (Lipinski definition) is 0. The Balaban J connectivity index is 2.08. The van der Waals surface area contributed by atoms with Gasteiger partial charge in [-0.2, -0.15) is 0 Å². The van der Waals surface area contributed by atoms with E-state index in [2.05, 4.69) is 0 Å². The van der Waals surface area contributed by atoms with E-state index in [1.807, 2.05) is 0 Å². The van der Waals surface area contributed by atoms with E-state index in [9.17, 15) is 4.39 Å². The van der Waals surface area contributed by atoms with Crippen LogP contribution < -0.4 is 0 Å². The lowest BCUT2D eigenvalue weighted by molar-refractivity contribution is 0.0643. The van der Waals surface area contributed by atoms with Crippen molar-refractivity contribution in [3.05, 3.63) is 0 Å². The van der Waals surface area contributed by atoms with E-state index in [4.69, 9.17) is 4.74 Å². The first-order chi connectivity index (χ1) is 4.43. The highest BCUT2D eigenvalue weighted by Crippen LogP contribution is 2.10. The predicted molar refractivity (Wildman–Crippen MR) is 38.1 cm³/mol. The lowest BCUT2D eigenvalue weighted by Gasteiger charge is -2.20. The summed E-state index contributed by atoms with van der Waals surface area (Å²) in [6.07, 6.45) is 3.45. The third kappa shape index (κ3) is 2.45. The molecule has 3 heteroatoms. The summed E-state index contributed by atoms with van der Waals surface area (Å²) in [5.74, 6) is 0. The average molecular weight is 148 g/mol. The molecule has 1 aliphatic rings. The summed E-state index contributed by atoms with van der Waals surface area (Å²) in [7, 11) is -0.513. The normalized spacial score (nSPS) is 29.7. The molecule has 0 aromatic carbocycles. The highest BCUT2D eigenvalue weighted by atomic mass is 28.2. The molecule has 0 radical (unpaired) electrons. The second-order valence-electron chi connectivity index (χ2n) is 2.47. The van der Waals surface area contributed by atoms with E-state index in [0.29, 0.717) is 5.73 Å². The smallest absolute Gasteiger partial charge is 0.0927 e. The Morgan fingerprint density at radius 1 is 1.56 bits per heavy atom. The lowest BCUT2D eigenvalue weighted by Crippen LogP contribution is -2.26. The molecule has 1 heterocycles. The van der Waals surface area contributed by atoms with Gasteiger partial charge < -0.3 is 4.74 Å². The van der Waals surface area contributed by atoms with E-state index in [1.165, 1.54) is 12.8 Å². The first-order valence-corrected chi connectivity index (χ1v) is 5.42. The van der Waals surface area contributed by atoms with Crippen molar-refractivity contribution in [3.63, 3.8) is 0 Å². The Labute approximate surface area is 57.4 Å². The molecule has 54 valence electrons. The maximum absolute atomic E-state index is 11.8. The quantitative estimate of drug-likeness (QED) is 0.521. The van der Waals surface area contributed by atoms with Crippen LogP contribution in [0.5, 0.6) is 0 Å². The fourth-order valence-electron chi connectivity index (χ4n) is 1.16. The molecule has 9 heavy (non-hydrogen) atoms. The Morgan fingerprint density at radius 2 is 2.44 bits per heavy atom. The second kappa shape index (κ2) is 4.01. The first-order valence-electron chi connectivity index (χ1n) is 3.61. The van der Waals surface area contributed by atoms with Gasteiger partial charge in [-0.1, -0.05) is 0 Å². The zero-order chi connectivity index (χ0) is 6.53. The molecular formula is C6H13FOSi. The minimum Gasteiger partial charge on any atom is -0.382 e. The molecule has 1 rings (SSSR count). The van der Waals surface area contributed by atoms with Crippen molar-refractivity contribution in [2.45, 2.75) is 25.0 Å². The van der Waals surface area contributed by atoms with Crippen molar-refractivity contribution in [2.75, 3.05) is 12.9 Å². The van der Waals surface area contributed by atoms with Crippen molar-refractivity contribution in [2.24, 2.45) is 0 Å². The largest absolute Gasteiger partial charge is 0.382 e. The topological polar surface area (TPSA) is 9.23 Å². The number of rotatable bonds is 2. The first kappa shape index (κ1) is 7.22. The number of ether oxygens (including phenoxy) is 1. The van der Waals surface area contributed by atoms with Crippen LogP contribution in [0.1, 0.15) is 19.3 Å². The van der Waals surface area contributed by atoms with Crippen LogP contribution in [-0.4, -0.2) is 28.2 Å². The molecule has 0 bridgehead atoms. The minimum absolute atomic E-state index is 0.0926. The number of alkyl halides is 1. The summed E-state index contributed by atoms with van der Waals surface area (Å²) in [4.78, 5) is 0. The molecule has 0 N–H and O–H groups in total. The van der Waals surface area contributed by atoms with Crippen molar-refractivity contribution >= 4 is 9.52 Å². The van der Waals surface area contributed by atoms with Gasteiger partial charge in [-0.15, -0.1) is 0 Å². The summed E-state index contributed by atoms with van der Waals surface area (Å²) in [6, 6.07) is 0. The monoisotopic (exact) mass is 148 g/mol. The second-order valence-corrected chi connectivity index (χ2v) is 4.33. The Hall–Kier alpha value is 0.107. The third-order valence-electron chi connectivity index (χ3n) is 1.71. The fraction of sp³-hybridized carbons (Fsp3) is 1.00. The zero-order valence-electron chi connectivity index (χ0n) is 5.61. The van der Waals surface area contributed by atoms with E-state index >= 15 is 0 Å². The minimum atomic E-state index is -0.513. The van der Waals surface area contributed by atoms with Gasteiger partial charge in [0.15, 0.2) is 0 Å². The van der Waals surface area contributed by atoms with Crippen molar-refractivity contribution in [1.82, 2.24) is 0 Å². The van der Waals surface area contributed by atoms with Gasteiger partial charge in [0.05, 0.1) is 15.8 Å². The maximum atomic E-state index is 11.8. The van der Waals surface area contributed by atoms with Crippen molar-refractivity contribution < 1.29 is 9.13 Å². The molecule has 0 aromatic heterocycles. The summed E-state index contributed by atoms with van der Waals surface area (Å²) in [5.41, 5.74) is 0.365. The predicted octanol–water partition coefficient (Wildman–Crippen LogP) is 0.609. The van der Waals surface area contributed by atoms with Crippen LogP contribution in [0.4, 0.5) is 4.39 Å². The molecule has 0 aromatic rings. The SMILES string of the molecule is FC[SiH2]C1CCCCO1. The van der Waals surface area contributed by atoms with Gasteiger partial charge in [0.2, 0.25) is 0 Å². The van der Waals surface area contributed by atoms with Gasteiger partial charge in [0.1, 0.15) is 0 Å². The molecule has 1 saturated heterocycles. The highest BCUT2D eigenvalue weighted by molar-refractivity contribution is 6.36. The molecular weight excluding hydrogens is 135 g/mol. The Morgan fingerprint density at radius 3 is 3.00 bits per heavy atom. The Bertz CT molecular complexity index is 70.7. The summed E-state index contributed by atoms with van der Waals surface area (Å²) in [5, 5.41) is 0. The van der Waals surface area contributed by atoms with Gasteiger partial charge >= 0.3 is 0 Å². The molecule has 0 spiro atoms. The summed E-state index contributed by atoms with van der Waals surface area (Å²) >= 11 is 0. The Kier molecular flexibility index (Phi) is 3.21. The van der Waals surface area contributed by atoms with E-state index in [-0.39, 0.29) is 6.30 Å². The van der Waals surface area contributed by atoms with Crippen LogP contribution in [0.2, 0.25) is 0 Å². The van der Waals surface area contributed by atoms with Gasteiger partial charge in [-0.25, -0.2) is 0 Å². The van der Waals surface area contributed by atoms with Crippen LogP contribution in [-0.2, 0) is 4.74 Å². The summed E-state index contributed by atoms with van der Waals surface area (Å²) in [6.45, 7) is 0.873. The van der Waals surface area contributed by atoms with Gasteiger partial charge in [-0.05, 0) is 19.3 Å². The van der Waals surface area contributed by atoms with Crippen LogP contribution in [0, 0.1) is 0 Å².